The van der Waals surface area contributed by atoms with E-state index < -0.39 is 12.0 Å². The Morgan fingerprint density at radius 1 is 1.39 bits per heavy atom. The largest absolute Gasteiger partial charge is 0.479 e. The van der Waals surface area contributed by atoms with E-state index in [1.165, 1.54) is 4.90 Å². The molecule has 1 aromatic carbocycles. The number of nitrogens with one attached hydrogen (secondary N) is 1. The number of hydrogen-bond acceptors (Lipinski definition) is 3. The third kappa shape index (κ3) is 2.51. The molecule has 1 fully saturated rings. The van der Waals surface area contributed by atoms with Gasteiger partial charge in [-0.3, -0.25) is 4.79 Å². The van der Waals surface area contributed by atoms with Gasteiger partial charge in [-0.15, -0.1) is 0 Å². The maximum Gasteiger partial charge on any atom is 0.331 e. The fourth-order valence-corrected chi connectivity index (χ4v) is 2.10. The minimum Gasteiger partial charge on any atom is -0.479 e. The van der Waals surface area contributed by atoms with Gasteiger partial charge < -0.3 is 15.3 Å². The van der Waals surface area contributed by atoms with E-state index in [0.29, 0.717) is 18.7 Å². The highest BCUT2D eigenvalue weighted by Crippen LogP contribution is 2.22. The maximum atomic E-state index is 11.8. The average molecular weight is 248 g/mol. The summed E-state index contributed by atoms with van der Waals surface area (Å²) in [5.41, 5.74) is 1.71. The molecule has 1 aliphatic rings. The van der Waals surface area contributed by atoms with Crippen molar-refractivity contribution in [2.45, 2.75) is 13.0 Å². The molecule has 96 valence electrons. The number of piperazine rings is 1. The summed E-state index contributed by atoms with van der Waals surface area (Å²) in [6.45, 7) is 3.19. The number of carbonyl (C=O) groups excluding carboxylic acids is 1. The Labute approximate surface area is 105 Å². The second kappa shape index (κ2) is 5.18. The van der Waals surface area contributed by atoms with Crippen molar-refractivity contribution in [2.75, 3.05) is 19.6 Å². The number of aryl methyl sites for hydroxylation is 1. The lowest BCUT2D eigenvalue weighted by atomic mass is 10.0. The van der Waals surface area contributed by atoms with Crippen molar-refractivity contribution < 1.29 is 14.7 Å². The molecule has 0 saturated carbocycles. The minimum atomic E-state index is -0.992. The number of hydrogen-bond donors (Lipinski definition) is 2. The molecule has 5 nitrogen and oxygen atoms in total. The first kappa shape index (κ1) is 12.6. The molecule has 2 N–H and O–H groups in total. The van der Waals surface area contributed by atoms with Gasteiger partial charge in [-0.1, -0.05) is 29.8 Å². The van der Waals surface area contributed by atoms with Crippen LogP contribution >= 0.6 is 0 Å². The molecule has 1 aliphatic heterocycles. The third-order valence-electron chi connectivity index (χ3n) is 3.06. The first-order valence-electron chi connectivity index (χ1n) is 5.89. The third-order valence-corrected chi connectivity index (χ3v) is 3.06. The van der Waals surface area contributed by atoms with Crippen LogP contribution in [0.4, 0.5) is 0 Å². The van der Waals surface area contributed by atoms with E-state index >= 15 is 0 Å². The van der Waals surface area contributed by atoms with Crippen LogP contribution in [-0.2, 0) is 9.59 Å². The Bertz CT molecular complexity index is 456. The average Bonchev–Trinajstić information content (AvgIpc) is 2.34. The molecule has 18 heavy (non-hydrogen) atoms. The van der Waals surface area contributed by atoms with E-state index in [0.717, 1.165) is 5.56 Å². The highest BCUT2D eigenvalue weighted by atomic mass is 16.4. The second-order valence-corrected chi connectivity index (χ2v) is 4.42. The fourth-order valence-electron chi connectivity index (χ4n) is 2.10. The van der Waals surface area contributed by atoms with Crippen molar-refractivity contribution >= 4 is 11.9 Å². The van der Waals surface area contributed by atoms with E-state index in [-0.39, 0.29) is 12.5 Å². The molecule has 5 heteroatoms. The molecule has 0 aliphatic carbocycles. The van der Waals surface area contributed by atoms with E-state index in [1.54, 1.807) is 12.1 Å². The zero-order chi connectivity index (χ0) is 13.1. The lowest BCUT2D eigenvalue weighted by molar-refractivity contribution is -0.151. The van der Waals surface area contributed by atoms with Crippen LogP contribution in [0.1, 0.15) is 17.2 Å². The molecule has 1 saturated heterocycles. The lowest BCUT2D eigenvalue weighted by Crippen LogP contribution is -2.51. The number of benzene rings is 1. The maximum absolute atomic E-state index is 11.8. The van der Waals surface area contributed by atoms with Gasteiger partial charge >= 0.3 is 5.97 Å². The van der Waals surface area contributed by atoms with Gasteiger partial charge in [0.15, 0.2) is 6.04 Å². The van der Waals surface area contributed by atoms with E-state index in [1.807, 2.05) is 19.1 Å². The zero-order valence-electron chi connectivity index (χ0n) is 10.2. The molecule has 1 unspecified atom stereocenters. The van der Waals surface area contributed by atoms with Crippen LogP contribution in [0.15, 0.2) is 24.3 Å². The molecule has 1 heterocycles. The SMILES string of the molecule is Cc1ccc(C(C(=O)O)N2CCNCC2=O)cc1. The quantitative estimate of drug-likeness (QED) is 0.819. The summed E-state index contributed by atoms with van der Waals surface area (Å²) in [6, 6.07) is 6.36. The Kier molecular flexibility index (Phi) is 3.62. The monoisotopic (exact) mass is 248 g/mol. The molecule has 2 rings (SSSR count). The van der Waals surface area contributed by atoms with Gasteiger partial charge in [0.1, 0.15) is 0 Å². The molecular weight excluding hydrogens is 232 g/mol. The van der Waals surface area contributed by atoms with Crippen LogP contribution in [0, 0.1) is 6.92 Å². The molecule has 0 radical (unpaired) electrons. The molecule has 0 bridgehead atoms. The Hall–Kier alpha value is -1.88. The number of carboxylic acid groups (broad SMARTS) is 1. The summed E-state index contributed by atoms with van der Waals surface area (Å²) in [7, 11) is 0. The van der Waals surface area contributed by atoms with Crippen molar-refractivity contribution in [3.8, 4) is 0 Å². The summed E-state index contributed by atoms with van der Waals surface area (Å²) in [5, 5.41) is 12.3. The predicted molar refractivity (Wildman–Crippen MR) is 66.1 cm³/mol. The Balaban J connectivity index is 2.30. The Morgan fingerprint density at radius 3 is 2.61 bits per heavy atom. The molecular formula is C13H16N2O3. The second-order valence-electron chi connectivity index (χ2n) is 4.42. The topological polar surface area (TPSA) is 69.6 Å². The highest BCUT2D eigenvalue weighted by Gasteiger charge is 2.32. The van der Waals surface area contributed by atoms with Crippen LogP contribution in [0.2, 0.25) is 0 Å². The van der Waals surface area contributed by atoms with Gasteiger partial charge in [0.05, 0.1) is 6.54 Å². The van der Waals surface area contributed by atoms with Gasteiger partial charge in [-0.05, 0) is 12.5 Å². The molecule has 0 spiro atoms. The van der Waals surface area contributed by atoms with Crippen LogP contribution < -0.4 is 5.32 Å². The summed E-state index contributed by atoms with van der Waals surface area (Å²) >= 11 is 0. The standard InChI is InChI=1S/C13H16N2O3/c1-9-2-4-10(5-3-9)12(13(17)18)15-7-6-14-8-11(15)16/h2-5,12,14H,6-8H2,1H3,(H,17,18). The predicted octanol–water partition coefficient (Wildman–Crippen LogP) is 0.553. The first-order chi connectivity index (χ1) is 8.59. The normalized spacial score (nSPS) is 17.6. The van der Waals surface area contributed by atoms with Gasteiger partial charge in [-0.25, -0.2) is 4.79 Å². The molecule has 1 amide bonds. The number of amides is 1. The van der Waals surface area contributed by atoms with Crippen LogP contribution in [0.25, 0.3) is 0 Å². The summed E-state index contributed by atoms with van der Waals surface area (Å²) in [6.07, 6.45) is 0. The van der Waals surface area contributed by atoms with Crippen LogP contribution in [0.3, 0.4) is 0 Å². The number of carbonyl (C=O) groups is 2. The zero-order valence-corrected chi connectivity index (χ0v) is 10.2. The van der Waals surface area contributed by atoms with Crippen molar-refractivity contribution in [3.05, 3.63) is 35.4 Å². The lowest BCUT2D eigenvalue weighted by Gasteiger charge is -2.32. The van der Waals surface area contributed by atoms with Crippen molar-refractivity contribution in [3.63, 3.8) is 0 Å². The fraction of sp³-hybridized carbons (Fsp3) is 0.385. The minimum absolute atomic E-state index is 0.172. The molecule has 0 aromatic heterocycles. The van der Waals surface area contributed by atoms with Crippen molar-refractivity contribution in [2.24, 2.45) is 0 Å². The molecule has 1 aromatic rings. The van der Waals surface area contributed by atoms with Gasteiger partial charge in [-0.2, -0.15) is 0 Å². The number of carboxylic acids is 1. The summed E-state index contributed by atoms with van der Waals surface area (Å²) in [5.74, 6) is -1.16. The van der Waals surface area contributed by atoms with Gasteiger partial charge in [0, 0.05) is 13.1 Å². The van der Waals surface area contributed by atoms with Gasteiger partial charge in [0.25, 0.3) is 0 Å². The van der Waals surface area contributed by atoms with E-state index in [4.69, 9.17) is 0 Å². The Morgan fingerprint density at radius 2 is 2.06 bits per heavy atom. The number of rotatable bonds is 3. The van der Waals surface area contributed by atoms with Gasteiger partial charge in [0.2, 0.25) is 5.91 Å². The first-order valence-corrected chi connectivity index (χ1v) is 5.89. The van der Waals surface area contributed by atoms with Crippen LogP contribution in [0.5, 0.6) is 0 Å². The summed E-state index contributed by atoms with van der Waals surface area (Å²) in [4.78, 5) is 24.6. The highest BCUT2D eigenvalue weighted by molar-refractivity contribution is 5.86. The van der Waals surface area contributed by atoms with E-state index in [2.05, 4.69) is 5.32 Å². The van der Waals surface area contributed by atoms with Crippen LogP contribution in [-0.4, -0.2) is 41.5 Å². The summed E-state index contributed by atoms with van der Waals surface area (Å²) < 4.78 is 0. The number of nitrogens with zero attached hydrogens (tertiary/aromatic N) is 1. The number of aliphatic carboxylic acids is 1. The van der Waals surface area contributed by atoms with Crippen molar-refractivity contribution in [1.29, 1.82) is 0 Å². The molecule has 1 atom stereocenters. The van der Waals surface area contributed by atoms with E-state index in [9.17, 15) is 14.7 Å². The van der Waals surface area contributed by atoms with Crippen molar-refractivity contribution in [1.82, 2.24) is 10.2 Å². The smallest absolute Gasteiger partial charge is 0.331 e.